The van der Waals surface area contributed by atoms with E-state index >= 15 is 0 Å². The van der Waals surface area contributed by atoms with Crippen LogP contribution < -0.4 is 0 Å². The average Bonchev–Trinajstić information content (AvgIpc) is 2.27. The summed E-state index contributed by atoms with van der Waals surface area (Å²) >= 11 is 0. The molecule has 4 nitrogen and oxygen atoms in total. The number of rotatable bonds is 5. The Kier molecular flexibility index (Phi) is 5.21. The van der Waals surface area contributed by atoms with Crippen molar-refractivity contribution in [3.05, 3.63) is 30.1 Å². The fraction of sp³-hybridized carbons (Fsp3) is 0.533. The minimum absolute atomic E-state index is 0.00422. The van der Waals surface area contributed by atoms with E-state index in [9.17, 15) is 9.59 Å². The van der Waals surface area contributed by atoms with Gasteiger partial charge in [0, 0.05) is 24.2 Å². The molecule has 104 valence electrons. The van der Waals surface area contributed by atoms with Gasteiger partial charge in [0.1, 0.15) is 11.4 Å². The molecule has 0 aromatic carbocycles. The zero-order valence-electron chi connectivity index (χ0n) is 12.0. The molecular weight excluding hydrogens is 242 g/mol. The fourth-order valence-corrected chi connectivity index (χ4v) is 1.60. The summed E-state index contributed by atoms with van der Waals surface area (Å²) in [6, 6.07) is 5.45. The van der Waals surface area contributed by atoms with Crippen molar-refractivity contribution >= 4 is 11.8 Å². The largest absolute Gasteiger partial charge is 0.460 e. The topological polar surface area (TPSA) is 56.3 Å². The van der Waals surface area contributed by atoms with Crippen LogP contribution in [0.1, 0.15) is 39.8 Å². The molecule has 1 atom stereocenters. The quantitative estimate of drug-likeness (QED) is 0.766. The van der Waals surface area contributed by atoms with Crippen molar-refractivity contribution in [2.24, 2.45) is 5.92 Å². The molecule has 1 unspecified atom stereocenters. The van der Waals surface area contributed by atoms with Gasteiger partial charge in [0.15, 0.2) is 0 Å². The van der Waals surface area contributed by atoms with E-state index < -0.39 is 5.60 Å². The molecule has 0 amide bonds. The van der Waals surface area contributed by atoms with Gasteiger partial charge in [0.05, 0.1) is 6.42 Å². The smallest absolute Gasteiger partial charge is 0.307 e. The maximum absolute atomic E-state index is 12.0. The van der Waals surface area contributed by atoms with E-state index in [4.69, 9.17) is 4.74 Å². The standard InChI is InChI=1S/C15H21NO3/c1-11(9-14(18)19-15(2,3)4)13(17)10-12-7-5-6-8-16-12/h5-8,11H,9-10H2,1-4H3. The molecule has 0 spiro atoms. The van der Waals surface area contributed by atoms with Gasteiger partial charge >= 0.3 is 5.97 Å². The van der Waals surface area contributed by atoms with Crippen molar-refractivity contribution in [1.29, 1.82) is 0 Å². The lowest BCUT2D eigenvalue weighted by atomic mass is 9.98. The summed E-state index contributed by atoms with van der Waals surface area (Å²) in [7, 11) is 0. The van der Waals surface area contributed by atoms with Gasteiger partial charge in [-0.25, -0.2) is 0 Å². The molecular formula is C15H21NO3. The number of pyridine rings is 1. The summed E-state index contributed by atoms with van der Waals surface area (Å²) in [5.74, 6) is -0.684. The van der Waals surface area contributed by atoms with Crippen LogP contribution in [0.25, 0.3) is 0 Å². The molecule has 0 saturated carbocycles. The average molecular weight is 263 g/mol. The number of nitrogens with zero attached hydrogens (tertiary/aromatic N) is 1. The molecule has 0 aliphatic rings. The number of ether oxygens (including phenoxy) is 1. The Balaban J connectivity index is 2.47. The Labute approximate surface area is 114 Å². The van der Waals surface area contributed by atoms with E-state index in [1.165, 1.54) is 0 Å². The van der Waals surface area contributed by atoms with Crippen molar-refractivity contribution in [1.82, 2.24) is 4.98 Å². The Morgan fingerprint density at radius 3 is 2.53 bits per heavy atom. The van der Waals surface area contributed by atoms with Crippen molar-refractivity contribution in [2.75, 3.05) is 0 Å². The van der Waals surface area contributed by atoms with E-state index in [2.05, 4.69) is 4.98 Å². The van der Waals surface area contributed by atoms with Crippen LogP contribution in [0.2, 0.25) is 0 Å². The first-order chi connectivity index (χ1) is 8.78. The number of ketones is 1. The maximum atomic E-state index is 12.0. The molecule has 1 heterocycles. The Bertz CT molecular complexity index is 434. The zero-order chi connectivity index (χ0) is 14.5. The summed E-state index contributed by atoms with van der Waals surface area (Å²) in [5.41, 5.74) is 0.212. The Morgan fingerprint density at radius 2 is 2.00 bits per heavy atom. The monoisotopic (exact) mass is 263 g/mol. The van der Waals surface area contributed by atoms with Gasteiger partial charge in [-0.3, -0.25) is 14.6 Å². The predicted molar refractivity (Wildman–Crippen MR) is 72.6 cm³/mol. The van der Waals surface area contributed by atoms with Crippen molar-refractivity contribution in [3.8, 4) is 0 Å². The highest BCUT2D eigenvalue weighted by atomic mass is 16.6. The molecule has 0 radical (unpaired) electrons. The SMILES string of the molecule is CC(CC(=O)OC(C)(C)C)C(=O)Cc1ccccn1. The maximum Gasteiger partial charge on any atom is 0.307 e. The van der Waals surface area contributed by atoms with Gasteiger partial charge in [-0.05, 0) is 32.9 Å². The number of carbonyl (C=O) groups is 2. The Morgan fingerprint density at radius 1 is 1.32 bits per heavy atom. The molecule has 1 rings (SSSR count). The van der Waals surface area contributed by atoms with Crippen molar-refractivity contribution in [3.63, 3.8) is 0 Å². The lowest BCUT2D eigenvalue weighted by molar-refractivity contribution is -0.156. The van der Waals surface area contributed by atoms with E-state index in [-0.39, 0.29) is 30.5 Å². The minimum atomic E-state index is -0.513. The third-order valence-electron chi connectivity index (χ3n) is 2.52. The third kappa shape index (κ3) is 6.13. The lowest BCUT2D eigenvalue weighted by Gasteiger charge is -2.20. The molecule has 0 saturated heterocycles. The molecule has 4 heteroatoms. The summed E-state index contributed by atoms with van der Waals surface area (Å²) in [5, 5.41) is 0. The van der Waals surface area contributed by atoms with Gasteiger partial charge in [-0.2, -0.15) is 0 Å². The van der Waals surface area contributed by atoms with Gasteiger partial charge in [0.25, 0.3) is 0 Å². The normalized spacial score (nSPS) is 12.8. The molecule has 19 heavy (non-hydrogen) atoms. The van der Waals surface area contributed by atoms with Gasteiger partial charge in [-0.1, -0.05) is 13.0 Å². The molecule has 0 bridgehead atoms. The zero-order valence-corrected chi connectivity index (χ0v) is 12.0. The van der Waals surface area contributed by atoms with Gasteiger partial charge < -0.3 is 4.74 Å². The second-order valence-corrected chi connectivity index (χ2v) is 5.66. The minimum Gasteiger partial charge on any atom is -0.460 e. The summed E-state index contributed by atoms with van der Waals surface area (Å²) < 4.78 is 5.20. The predicted octanol–water partition coefficient (Wildman–Crippen LogP) is 2.56. The van der Waals surface area contributed by atoms with Crippen LogP contribution in [-0.4, -0.2) is 22.3 Å². The highest BCUT2D eigenvalue weighted by Gasteiger charge is 2.22. The molecule has 0 aliphatic carbocycles. The first-order valence-corrected chi connectivity index (χ1v) is 6.42. The summed E-state index contributed by atoms with van der Waals surface area (Å²) in [6.07, 6.45) is 2.02. The second kappa shape index (κ2) is 6.45. The van der Waals surface area contributed by atoms with Crippen LogP contribution in [0.5, 0.6) is 0 Å². The third-order valence-corrected chi connectivity index (χ3v) is 2.52. The van der Waals surface area contributed by atoms with Crippen LogP contribution in [0, 0.1) is 5.92 Å². The molecule has 1 aromatic rings. The number of Topliss-reactive ketones (excluding diaryl/α,β-unsaturated/α-hetero) is 1. The number of carbonyl (C=O) groups excluding carboxylic acids is 2. The first kappa shape index (κ1) is 15.3. The number of hydrogen-bond acceptors (Lipinski definition) is 4. The van der Waals surface area contributed by atoms with Crippen LogP contribution in [0.4, 0.5) is 0 Å². The van der Waals surface area contributed by atoms with E-state index in [1.807, 2.05) is 26.8 Å². The highest BCUT2D eigenvalue weighted by Crippen LogP contribution is 2.13. The van der Waals surface area contributed by atoms with Gasteiger partial charge in [-0.15, -0.1) is 0 Å². The van der Waals surface area contributed by atoms with Crippen LogP contribution in [0.15, 0.2) is 24.4 Å². The lowest BCUT2D eigenvalue weighted by Crippen LogP contribution is -2.27. The molecule has 0 fully saturated rings. The van der Waals surface area contributed by atoms with Gasteiger partial charge in [0.2, 0.25) is 0 Å². The van der Waals surface area contributed by atoms with E-state index in [0.29, 0.717) is 0 Å². The van der Waals surface area contributed by atoms with E-state index in [1.54, 1.807) is 25.3 Å². The van der Waals surface area contributed by atoms with Crippen molar-refractivity contribution < 1.29 is 14.3 Å². The number of aromatic nitrogens is 1. The van der Waals surface area contributed by atoms with Crippen molar-refractivity contribution in [2.45, 2.75) is 46.1 Å². The number of esters is 1. The fourth-order valence-electron chi connectivity index (χ4n) is 1.60. The number of hydrogen-bond donors (Lipinski definition) is 0. The summed E-state index contributed by atoms with van der Waals surface area (Å²) in [4.78, 5) is 27.7. The van der Waals surface area contributed by atoms with Crippen LogP contribution >= 0.6 is 0 Å². The molecule has 0 N–H and O–H groups in total. The highest BCUT2D eigenvalue weighted by molar-refractivity contribution is 5.86. The van der Waals surface area contributed by atoms with Crippen LogP contribution in [0.3, 0.4) is 0 Å². The second-order valence-electron chi connectivity index (χ2n) is 5.66. The van der Waals surface area contributed by atoms with E-state index in [0.717, 1.165) is 5.69 Å². The Hall–Kier alpha value is -1.71. The van der Waals surface area contributed by atoms with Crippen LogP contribution in [-0.2, 0) is 20.7 Å². The molecule has 1 aromatic heterocycles. The molecule has 0 aliphatic heterocycles. The summed E-state index contributed by atoms with van der Waals surface area (Å²) in [6.45, 7) is 7.18. The first-order valence-electron chi connectivity index (χ1n) is 6.42.